The van der Waals surface area contributed by atoms with E-state index < -0.39 is 0 Å². The van der Waals surface area contributed by atoms with Gasteiger partial charge in [-0.15, -0.1) is 12.4 Å². The number of halogens is 1. The number of aromatic nitrogens is 2. The van der Waals surface area contributed by atoms with Crippen LogP contribution in [0.5, 0.6) is 0 Å². The summed E-state index contributed by atoms with van der Waals surface area (Å²) in [5.41, 5.74) is 10.5. The zero-order valence-electron chi connectivity index (χ0n) is 13.3. The Morgan fingerprint density at radius 1 is 1.30 bits per heavy atom. The first kappa shape index (κ1) is 17.5. The van der Waals surface area contributed by atoms with Gasteiger partial charge in [0.15, 0.2) is 5.69 Å². The second kappa shape index (κ2) is 7.62. The third-order valence-corrected chi connectivity index (χ3v) is 4.09. The number of nitrogens with one attached hydrogen (secondary N) is 1. The summed E-state index contributed by atoms with van der Waals surface area (Å²) in [6, 6.07) is 8.24. The highest BCUT2D eigenvalue weighted by Crippen LogP contribution is 2.27. The summed E-state index contributed by atoms with van der Waals surface area (Å²) in [6.45, 7) is 3.24. The van der Waals surface area contributed by atoms with Crippen molar-refractivity contribution in [3.63, 3.8) is 0 Å². The van der Waals surface area contributed by atoms with Gasteiger partial charge in [-0.3, -0.25) is 4.79 Å². The molecule has 1 heterocycles. The lowest BCUT2D eigenvalue weighted by Crippen LogP contribution is -2.27. The molecule has 0 saturated heterocycles. The standard InChI is InChI=1S/C17H22N4O.ClH/c1-12-6-8-13(9-7-12)21-15-5-2-4-14(15)16(20-21)17(22)19-11-3-10-18;/h6-9H,2-5,10-11,18H2,1H3,(H,19,22);1H. The van der Waals surface area contributed by atoms with E-state index in [4.69, 9.17) is 5.73 Å². The molecule has 0 fully saturated rings. The maximum Gasteiger partial charge on any atom is 0.272 e. The highest BCUT2D eigenvalue weighted by atomic mass is 35.5. The molecule has 0 bridgehead atoms. The molecule has 1 aliphatic carbocycles. The van der Waals surface area contributed by atoms with Crippen LogP contribution in [0.2, 0.25) is 0 Å². The van der Waals surface area contributed by atoms with Gasteiger partial charge in [-0.25, -0.2) is 4.68 Å². The van der Waals surface area contributed by atoms with Crippen LogP contribution in [-0.4, -0.2) is 28.8 Å². The third-order valence-electron chi connectivity index (χ3n) is 4.09. The van der Waals surface area contributed by atoms with Crippen molar-refractivity contribution in [2.45, 2.75) is 32.6 Å². The molecular formula is C17H23ClN4O. The van der Waals surface area contributed by atoms with Crippen molar-refractivity contribution in [1.82, 2.24) is 15.1 Å². The fraction of sp³-hybridized carbons (Fsp3) is 0.412. The molecule has 0 saturated carbocycles. The Morgan fingerprint density at radius 2 is 2.04 bits per heavy atom. The van der Waals surface area contributed by atoms with Gasteiger partial charge >= 0.3 is 0 Å². The van der Waals surface area contributed by atoms with Crippen molar-refractivity contribution in [3.05, 3.63) is 46.8 Å². The molecule has 6 heteroatoms. The molecule has 0 aliphatic heterocycles. The van der Waals surface area contributed by atoms with Crippen molar-refractivity contribution in [2.24, 2.45) is 5.73 Å². The molecule has 1 aliphatic rings. The normalized spacial score (nSPS) is 12.6. The van der Waals surface area contributed by atoms with Crippen molar-refractivity contribution in [2.75, 3.05) is 13.1 Å². The molecule has 0 atom stereocenters. The van der Waals surface area contributed by atoms with Gasteiger partial charge in [-0.1, -0.05) is 17.7 Å². The summed E-state index contributed by atoms with van der Waals surface area (Å²) in [5, 5.41) is 7.49. The van der Waals surface area contributed by atoms with E-state index in [0.29, 0.717) is 18.8 Å². The van der Waals surface area contributed by atoms with E-state index in [2.05, 4.69) is 41.6 Å². The predicted molar refractivity (Wildman–Crippen MR) is 93.6 cm³/mol. The van der Waals surface area contributed by atoms with Gasteiger partial charge in [0.1, 0.15) is 0 Å². The molecule has 1 aromatic heterocycles. The summed E-state index contributed by atoms with van der Waals surface area (Å²) in [5.74, 6) is -0.0857. The molecular weight excluding hydrogens is 312 g/mol. The Kier molecular flexibility index (Phi) is 5.80. The Balaban J connectivity index is 0.00000192. The van der Waals surface area contributed by atoms with Crippen LogP contribution in [0.3, 0.4) is 0 Å². The molecule has 124 valence electrons. The molecule has 3 N–H and O–H groups in total. The molecule has 0 spiro atoms. The number of rotatable bonds is 5. The minimum atomic E-state index is -0.0857. The first-order chi connectivity index (χ1) is 10.7. The maximum atomic E-state index is 12.4. The summed E-state index contributed by atoms with van der Waals surface area (Å²) >= 11 is 0. The van der Waals surface area contributed by atoms with E-state index in [9.17, 15) is 4.79 Å². The Morgan fingerprint density at radius 3 is 2.74 bits per heavy atom. The number of nitrogens with zero attached hydrogens (tertiary/aromatic N) is 2. The molecule has 2 aromatic rings. The summed E-state index contributed by atoms with van der Waals surface area (Å²) in [4.78, 5) is 12.4. The first-order valence-corrected chi connectivity index (χ1v) is 7.87. The van der Waals surface area contributed by atoms with E-state index in [0.717, 1.165) is 36.9 Å². The molecule has 0 radical (unpaired) electrons. The lowest BCUT2D eigenvalue weighted by atomic mass is 10.2. The van der Waals surface area contributed by atoms with Gasteiger partial charge in [-0.05, 0) is 51.3 Å². The van der Waals surface area contributed by atoms with Gasteiger partial charge in [0.05, 0.1) is 5.69 Å². The summed E-state index contributed by atoms with van der Waals surface area (Å²) in [7, 11) is 0. The lowest BCUT2D eigenvalue weighted by Gasteiger charge is -2.06. The number of hydrogen-bond acceptors (Lipinski definition) is 3. The van der Waals surface area contributed by atoms with Crippen LogP contribution in [0.1, 0.15) is 40.2 Å². The van der Waals surface area contributed by atoms with Crippen LogP contribution >= 0.6 is 12.4 Å². The Hall–Kier alpha value is -1.85. The number of aryl methyl sites for hydroxylation is 1. The van der Waals surface area contributed by atoms with Crippen LogP contribution in [-0.2, 0) is 12.8 Å². The monoisotopic (exact) mass is 334 g/mol. The highest BCUT2D eigenvalue weighted by Gasteiger charge is 2.26. The van der Waals surface area contributed by atoms with Gasteiger partial charge in [0.2, 0.25) is 0 Å². The Labute approximate surface area is 142 Å². The van der Waals surface area contributed by atoms with Crippen LogP contribution < -0.4 is 11.1 Å². The number of fused-ring (bicyclic) bond motifs is 1. The highest BCUT2D eigenvalue weighted by molar-refractivity contribution is 5.94. The quantitative estimate of drug-likeness (QED) is 0.823. The van der Waals surface area contributed by atoms with E-state index in [1.165, 1.54) is 11.3 Å². The van der Waals surface area contributed by atoms with E-state index in [-0.39, 0.29) is 18.3 Å². The summed E-state index contributed by atoms with van der Waals surface area (Å²) in [6.07, 6.45) is 3.78. The first-order valence-electron chi connectivity index (χ1n) is 7.87. The zero-order chi connectivity index (χ0) is 15.5. The minimum Gasteiger partial charge on any atom is -0.351 e. The van der Waals surface area contributed by atoms with Crippen LogP contribution in [0.4, 0.5) is 0 Å². The molecule has 23 heavy (non-hydrogen) atoms. The second-order valence-electron chi connectivity index (χ2n) is 5.77. The minimum absolute atomic E-state index is 0. The lowest BCUT2D eigenvalue weighted by molar-refractivity contribution is 0.0947. The number of benzene rings is 1. The molecule has 5 nitrogen and oxygen atoms in total. The number of hydrogen-bond donors (Lipinski definition) is 2. The topological polar surface area (TPSA) is 72.9 Å². The second-order valence-corrected chi connectivity index (χ2v) is 5.77. The average molecular weight is 335 g/mol. The zero-order valence-corrected chi connectivity index (χ0v) is 14.2. The molecule has 0 unspecified atom stereocenters. The van der Waals surface area contributed by atoms with Crippen LogP contribution in [0, 0.1) is 6.92 Å². The smallest absolute Gasteiger partial charge is 0.272 e. The molecule has 1 amide bonds. The van der Waals surface area contributed by atoms with Crippen molar-refractivity contribution >= 4 is 18.3 Å². The predicted octanol–water partition coefficient (Wildman–Crippen LogP) is 2.17. The molecule has 1 aromatic carbocycles. The van der Waals surface area contributed by atoms with Crippen molar-refractivity contribution in [1.29, 1.82) is 0 Å². The fourth-order valence-electron chi connectivity index (χ4n) is 2.91. The van der Waals surface area contributed by atoms with E-state index in [1.54, 1.807) is 0 Å². The van der Waals surface area contributed by atoms with Crippen molar-refractivity contribution < 1.29 is 4.79 Å². The average Bonchev–Trinajstić information content (AvgIpc) is 3.10. The van der Waals surface area contributed by atoms with Gasteiger partial charge < -0.3 is 11.1 Å². The number of amides is 1. The number of carbonyl (C=O) groups excluding carboxylic acids is 1. The fourth-order valence-corrected chi connectivity index (χ4v) is 2.91. The molecule has 3 rings (SSSR count). The largest absolute Gasteiger partial charge is 0.351 e. The van der Waals surface area contributed by atoms with Crippen LogP contribution in [0.15, 0.2) is 24.3 Å². The van der Waals surface area contributed by atoms with Crippen molar-refractivity contribution in [3.8, 4) is 5.69 Å². The summed E-state index contributed by atoms with van der Waals surface area (Å²) < 4.78 is 1.93. The maximum absolute atomic E-state index is 12.4. The number of carbonyl (C=O) groups is 1. The van der Waals surface area contributed by atoms with Gasteiger partial charge in [0, 0.05) is 17.8 Å². The van der Waals surface area contributed by atoms with Crippen LogP contribution in [0.25, 0.3) is 5.69 Å². The van der Waals surface area contributed by atoms with E-state index >= 15 is 0 Å². The SMILES string of the molecule is Cc1ccc(-n2nc(C(=O)NCCCN)c3c2CCC3)cc1.Cl. The van der Waals surface area contributed by atoms with E-state index in [1.807, 2.05) is 4.68 Å². The van der Waals surface area contributed by atoms with Gasteiger partial charge in [0.25, 0.3) is 5.91 Å². The number of nitrogens with two attached hydrogens (primary N) is 1. The van der Waals surface area contributed by atoms with Gasteiger partial charge in [-0.2, -0.15) is 5.10 Å². The Bertz CT molecular complexity index is 679. The third kappa shape index (κ3) is 3.57.